The Morgan fingerprint density at radius 2 is 2.17 bits per heavy atom. The first-order valence-electron chi connectivity index (χ1n) is 5.07. The fourth-order valence-corrected chi connectivity index (χ4v) is 1.49. The summed E-state index contributed by atoms with van der Waals surface area (Å²) in [4.78, 5) is 0. The minimum Gasteiger partial charge on any atom is -0.385 e. The Balaban J connectivity index is 1.84. The second-order valence-electron chi connectivity index (χ2n) is 3.92. The molecule has 0 saturated heterocycles. The molecule has 72 valence electrons. The van der Waals surface area contributed by atoms with E-state index in [4.69, 9.17) is 10.5 Å². The molecule has 1 aliphatic rings. The van der Waals surface area contributed by atoms with E-state index < -0.39 is 0 Å². The number of nitrogens with two attached hydrogens (primary N) is 1. The van der Waals surface area contributed by atoms with E-state index >= 15 is 0 Å². The molecule has 1 fully saturated rings. The molecule has 0 heterocycles. The van der Waals surface area contributed by atoms with E-state index in [9.17, 15) is 0 Å². The lowest BCUT2D eigenvalue weighted by molar-refractivity contribution is 0.190. The van der Waals surface area contributed by atoms with Crippen molar-refractivity contribution < 1.29 is 4.74 Å². The van der Waals surface area contributed by atoms with Gasteiger partial charge < -0.3 is 10.5 Å². The van der Waals surface area contributed by atoms with Gasteiger partial charge in [0.2, 0.25) is 0 Å². The molecule has 1 aliphatic carbocycles. The first kappa shape index (κ1) is 10.0. The molecule has 1 rings (SSSR count). The summed E-state index contributed by atoms with van der Waals surface area (Å²) >= 11 is 0. The molecular formula is C10H21NO. The zero-order valence-electron chi connectivity index (χ0n) is 8.09. The topological polar surface area (TPSA) is 35.2 Å². The van der Waals surface area contributed by atoms with Crippen molar-refractivity contribution in [2.45, 2.75) is 44.6 Å². The number of methoxy groups -OCH3 is 1. The minimum absolute atomic E-state index is 0.417. The second kappa shape index (κ2) is 5.55. The van der Waals surface area contributed by atoms with Crippen LogP contribution in [-0.2, 0) is 4.74 Å². The monoisotopic (exact) mass is 171 g/mol. The lowest BCUT2D eigenvalue weighted by Gasteiger charge is -2.09. The number of hydrogen-bond donors (Lipinski definition) is 1. The molecule has 0 radical (unpaired) electrons. The molecule has 2 heteroatoms. The molecule has 0 bridgehead atoms. The van der Waals surface area contributed by atoms with E-state index in [2.05, 4.69) is 0 Å². The van der Waals surface area contributed by atoms with Gasteiger partial charge in [-0.3, -0.25) is 0 Å². The van der Waals surface area contributed by atoms with E-state index in [1.165, 1.54) is 25.7 Å². The van der Waals surface area contributed by atoms with Crippen molar-refractivity contribution in [1.82, 2.24) is 0 Å². The molecule has 2 N–H and O–H groups in total. The fourth-order valence-electron chi connectivity index (χ4n) is 1.49. The Morgan fingerprint density at radius 1 is 1.42 bits per heavy atom. The van der Waals surface area contributed by atoms with Crippen LogP contribution in [0.25, 0.3) is 0 Å². The van der Waals surface area contributed by atoms with Gasteiger partial charge in [0.05, 0.1) is 0 Å². The first-order valence-corrected chi connectivity index (χ1v) is 5.07. The summed E-state index contributed by atoms with van der Waals surface area (Å²) in [6.45, 7) is 0.858. The lowest BCUT2D eigenvalue weighted by Crippen LogP contribution is -2.20. The molecule has 0 aromatic heterocycles. The lowest BCUT2D eigenvalue weighted by atomic mass is 10.1. The van der Waals surface area contributed by atoms with Crippen molar-refractivity contribution in [3.8, 4) is 0 Å². The second-order valence-corrected chi connectivity index (χ2v) is 3.92. The van der Waals surface area contributed by atoms with E-state index in [1.807, 2.05) is 0 Å². The van der Waals surface area contributed by atoms with Gasteiger partial charge in [0.25, 0.3) is 0 Å². The summed E-state index contributed by atoms with van der Waals surface area (Å²) in [5.74, 6) is 1.03. The summed E-state index contributed by atoms with van der Waals surface area (Å²) in [6.07, 6.45) is 7.71. The summed E-state index contributed by atoms with van der Waals surface area (Å²) < 4.78 is 4.97. The highest BCUT2D eigenvalue weighted by atomic mass is 16.5. The average Bonchev–Trinajstić information content (AvgIpc) is 2.84. The maximum atomic E-state index is 5.93. The van der Waals surface area contributed by atoms with E-state index in [1.54, 1.807) is 7.11 Å². The quantitative estimate of drug-likeness (QED) is 0.594. The molecule has 0 spiro atoms. The van der Waals surface area contributed by atoms with Gasteiger partial charge in [-0.15, -0.1) is 0 Å². The van der Waals surface area contributed by atoms with E-state index in [0.29, 0.717) is 6.04 Å². The third-order valence-corrected chi connectivity index (χ3v) is 2.57. The predicted octanol–water partition coefficient (Wildman–Crippen LogP) is 1.93. The van der Waals surface area contributed by atoms with Crippen molar-refractivity contribution in [3.05, 3.63) is 0 Å². The highest BCUT2D eigenvalue weighted by Crippen LogP contribution is 2.33. The Hall–Kier alpha value is -0.0800. The molecule has 0 aliphatic heterocycles. The van der Waals surface area contributed by atoms with Crippen molar-refractivity contribution in [2.24, 2.45) is 11.7 Å². The van der Waals surface area contributed by atoms with Crippen LogP contribution in [0.2, 0.25) is 0 Å². The van der Waals surface area contributed by atoms with Crippen LogP contribution in [0.4, 0.5) is 0 Å². The van der Waals surface area contributed by atoms with Crippen molar-refractivity contribution in [1.29, 1.82) is 0 Å². The van der Waals surface area contributed by atoms with Crippen LogP contribution in [-0.4, -0.2) is 19.8 Å². The molecule has 12 heavy (non-hydrogen) atoms. The normalized spacial score (nSPS) is 19.5. The van der Waals surface area contributed by atoms with Crippen LogP contribution in [0.5, 0.6) is 0 Å². The first-order chi connectivity index (χ1) is 5.83. The van der Waals surface area contributed by atoms with Crippen molar-refractivity contribution in [2.75, 3.05) is 13.7 Å². The molecule has 1 unspecified atom stereocenters. The van der Waals surface area contributed by atoms with Gasteiger partial charge in [-0.2, -0.15) is 0 Å². The van der Waals surface area contributed by atoms with Gasteiger partial charge in [-0.05, 0) is 31.6 Å². The third-order valence-electron chi connectivity index (χ3n) is 2.57. The molecular weight excluding hydrogens is 150 g/mol. The van der Waals surface area contributed by atoms with Gasteiger partial charge in [-0.25, -0.2) is 0 Å². The molecule has 1 atom stereocenters. The Labute approximate surface area is 75.5 Å². The number of rotatable bonds is 7. The summed E-state index contributed by atoms with van der Waals surface area (Å²) in [5.41, 5.74) is 5.93. The average molecular weight is 171 g/mol. The van der Waals surface area contributed by atoms with Crippen LogP contribution in [0.1, 0.15) is 38.5 Å². The summed E-state index contributed by atoms with van der Waals surface area (Å²) in [5, 5.41) is 0. The van der Waals surface area contributed by atoms with Crippen LogP contribution < -0.4 is 5.73 Å². The molecule has 2 nitrogen and oxygen atoms in total. The fraction of sp³-hybridized carbons (Fsp3) is 1.00. The molecule has 1 saturated carbocycles. The van der Waals surface area contributed by atoms with E-state index in [-0.39, 0.29) is 0 Å². The Morgan fingerprint density at radius 3 is 2.75 bits per heavy atom. The summed E-state index contributed by atoms with van der Waals surface area (Å²) in [6, 6.07) is 0.417. The number of hydrogen-bond acceptors (Lipinski definition) is 2. The van der Waals surface area contributed by atoms with Crippen molar-refractivity contribution in [3.63, 3.8) is 0 Å². The molecule has 0 amide bonds. The maximum absolute atomic E-state index is 5.93. The number of ether oxygens (including phenoxy) is 1. The van der Waals surface area contributed by atoms with Gasteiger partial charge in [-0.1, -0.05) is 12.8 Å². The van der Waals surface area contributed by atoms with Crippen LogP contribution in [0, 0.1) is 5.92 Å². The molecule has 0 aromatic carbocycles. The zero-order valence-corrected chi connectivity index (χ0v) is 8.09. The standard InChI is InChI=1S/C10H21NO/c1-12-8-2-3-10(11)7-6-9-4-5-9/h9-10H,2-8,11H2,1H3. The van der Waals surface area contributed by atoms with Gasteiger partial charge in [0.15, 0.2) is 0 Å². The van der Waals surface area contributed by atoms with Gasteiger partial charge in [0, 0.05) is 19.8 Å². The minimum atomic E-state index is 0.417. The highest BCUT2D eigenvalue weighted by molar-refractivity contribution is 4.75. The van der Waals surface area contributed by atoms with Crippen molar-refractivity contribution >= 4 is 0 Å². The van der Waals surface area contributed by atoms with E-state index in [0.717, 1.165) is 25.4 Å². The maximum Gasteiger partial charge on any atom is 0.0462 e. The Kier molecular flexibility index (Phi) is 4.62. The van der Waals surface area contributed by atoms with Crippen LogP contribution in [0.3, 0.4) is 0 Å². The van der Waals surface area contributed by atoms with Crippen LogP contribution in [0.15, 0.2) is 0 Å². The molecule has 0 aromatic rings. The smallest absolute Gasteiger partial charge is 0.0462 e. The van der Waals surface area contributed by atoms with Gasteiger partial charge in [0.1, 0.15) is 0 Å². The van der Waals surface area contributed by atoms with Crippen LogP contribution >= 0.6 is 0 Å². The largest absolute Gasteiger partial charge is 0.385 e. The van der Waals surface area contributed by atoms with Gasteiger partial charge >= 0.3 is 0 Å². The highest BCUT2D eigenvalue weighted by Gasteiger charge is 2.21. The Bertz CT molecular complexity index is 112. The summed E-state index contributed by atoms with van der Waals surface area (Å²) in [7, 11) is 1.75. The predicted molar refractivity (Wildman–Crippen MR) is 51.0 cm³/mol. The zero-order chi connectivity index (χ0) is 8.81. The third kappa shape index (κ3) is 4.73. The SMILES string of the molecule is COCCCC(N)CCC1CC1.